The minimum atomic E-state index is -3.89. The van der Waals surface area contributed by atoms with Crippen LogP contribution in [0.2, 0.25) is 0 Å². The molecule has 0 saturated heterocycles. The van der Waals surface area contributed by atoms with E-state index in [1.54, 1.807) is 0 Å². The summed E-state index contributed by atoms with van der Waals surface area (Å²) < 4.78 is 68.5. The summed E-state index contributed by atoms with van der Waals surface area (Å²) in [5.74, 6) is -0.528. The number of rotatable bonds is 17. The Morgan fingerprint density at radius 2 is 0.756 bits per heavy atom. The van der Waals surface area contributed by atoms with E-state index in [9.17, 15) is 13.7 Å². The van der Waals surface area contributed by atoms with Gasteiger partial charge in [-0.05, 0) is 26.8 Å². The van der Waals surface area contributed by atoms with Gasteiger partial charge in [0.2, 0.25) is 6.35 Å². The Morgan fingerprint density at radius 3 is 1.07 bits per heavy atom. The lowest BCUT2D eigenvalue weighted by molar-refractivity contribution is 0.172. The van der Waals surface area contributed by atoms with Crippen LogP contribution in [0, 0.1) is 0 Å². The molecule has 214 valence electrons. The zero-order valence-electron chi connectivity index (χ0n) is 22.4. The van der Waals surface area contributed by atoms with E-state index in [1.165, 1.54) is 0 Å². The molecular formula is C30H32O8P3+. The first-order valence-corrected chi connectivity index (χ1v) is 17.7. The van der Waals surface area contributed by atoms with Gasteiger partial charge in [0.05, 0.1) is 26.4 Å². The fraction of sp³-hybridized carbons (Fsp3) is 0.200. The second-order valence-electron chi connectivity index (χ2n) is 8.99. The fourth-order valence-electron chi connectivity index (χ4n) is 3.54. The van der Waals surface area contributed by atoms with Crippen LogP contribution in [0.5, 0.6) is 0 Å². The second-order valence-corrected chi connectivity index (χ2v) is 14.8. The van der Waals surface area contributed by atoms with Gasteiger partial charge in [-0.3, -0.25) is 9.13 Å². The van der Waals surface area contributed by atoms with Crippen molar-refractivity contribution in [2.45, 2.75) is 26.4 Å². The fourth-order valence-corrected chi connectivity index (χ4v) is 8.41. The van der Waals surface area contributed by atoms with Gasteiger partial charge in [0.1, 0.15) is 0 Å². The van der Waals surface area contributed by atoms with Crippen molar-refractivity contribution >= 4 is 23.2 Å². The molecule has 0 fully saturated rings. The largest absolute Gasteiger partial charge is 0.521 e. The highest BCUT2D eigenvalue weighted by Gasteiger charge is 2.40. The van der Waals surface area contributed by atoms with Crippen LogP contribution >= 0.6 is 23.2 Å². The van der Waals surface area contributed by atoms with Crippen molar-refractivity contribution < 1.29 is 36.3 Å². The molecule has 11 heteroatoms. The third kappa shape index (κ3) is 11.2. The lowest BCUT2D eigenvalue weighted by atomic mass is 10.2. The Kier molecular flexibility index (Phi) is 12.2. The highest BCUT2D eigenvalue weighted by molar-refractivity contribution is 7.66. The summed E-state index contributed by atoms with van der Waals surface area (Å²) in [7, 11) is -10.4. The molecule has 0 saturated carbocycles. The van der Waals surface area contributed by atoms with Crippen molar-refractivity contribution in [3.63, 3.8) is 0 Å². The molecule has 0 N–H and O–H groups in total. The molecule has 0 amide bonds. The van der Waals surface area contributed by atoms with Gasteiger partial charge in [-0.2, -0.15) is 0 Å². The van der Waals surface area contributed by atoms with Crippen molar-refractivity contribution in [2.75, 3.05) is 12.3 Å². The molecule has 4 aromatic carbocycles. The Balaban J connectivity index is 1.40. The van der Waals surface area contributed by atoms with Gasteiger partial charge in [-0.25, -0.2) is 0 Å². The SMILES string of the molecule is O=[P+](CP(=O)(OCc1ccccc1)OCc1ccccc1)OCP(=O)(OCc1ccccc1)OCc1ccccc1. The van der Waals surface area contributed by atoms with Crippen molar-refractivity contribution in [2.24, 2.45) is 0 Å². The zero-order valence-corrected chi connectivity index (χ0v) is 25.1. The maximum Gasteiger partial charge on any atom is 0.521 e. The van der Waals surface area contributed by atoms with E-state index in [2.05, 4.69) is 0 Å². The predicted octanol–water partition coefficient (Wildman–Crippen LogP) is 8.91. The van der Waals surface area contributed by atoms with Crippen LogP contribution in [-0.2, 0) is 62.7 Å². The Labute approximate surface area is 241 Å². The summed E-state index contributed by atoms with van der Waals surface area (Å²) in [4.78, 5) is 0. The molecule has 1 atom stereocenters. The summed E-state index contributed by atoms with van der Waals surface area (Å²) in [6, 6.07) is 36.7. The molecule has 0 aliphatic heterocycles. The molecule has 0 aromatic heterocycles. The second kappa shape index (κ2) is 16.0. The molecule has 0 bridgehead atoms. The van der Waals surface area contributed by atoms with Gasteiger partial charge in [-0.1, -0.05) is 121 Å². The first-order valence-electron chi connectivity index (χ1n) is 12.9. The summed E-state index contributed by atoms with van der Waals surface area (Å²) in [5, 5.41) is 0. The highest BCUT2D eigenvalue weighted by Crippen LogP contribution is 2.58. The van der Waals surface area contributed by atoms with Crippen LogP contribution in [-0.4, -0.2) is 12.3 Å². The third-order valence-electron chi connectivity index (χ3n) is 5.73. The van der Waals surface area contributed by atoms with Gasteiger partial charge >= 0.3 is 23.2 Å². The Morgan fingerprint density at radius 1 is 0.463 bits per heavy atom. The van der Waals surface area contributed by atoms with Crippen LogP contribution in [0.15, 0.2) is 121 Å². The molecule has 41 heavy (non-hydrogen) atoms. The van der Waals surface area contributed by atoms with E-state index in [0.29, 0.717) is 0 Å². The minimum Gasteiger partial charge on any atom is -0.302 e. The van der Waals surface area contributed by atoms with Gasteiger partial charge in [0.15, 0.2) is 0 Å². The molecule has 4 aromatic rings. The first kappa shape index (κ1) is 31.2. The maximum absolute atomic E-state index is 13.7. The molecule has 8 nitrogen and oxygen atoms in total. The van der Waals surface area contributed by atoms with Crippen LogP contribution < -0.4 is 0 Å². The average Bonchev–Trinajstić information content (AvgIpc) is 3.02. The van der Waals surface area contributed by atoms with Gasteiger partial charge in [-0.15, -0.1) is 4.52 Å². The normalized spacial score (nSPS) is 12.2. The molecule has 0 aliphatic rings. The Hall–Kier alpha value is -2.76. The molecule has 0 aliphatic carbocycles. The van der Waals surface area contributed by atoms with E-state index in [4.69, 9.17) is 22.6 Å². The van der Waals surface area contributed by atoms with Crippen molar-refractivity contribution in [3.8, 4) is 0 Å². The van der Waals surface area contributed by atoms with E-state index in [1.807, 2.05) is 121 Å². The quantitative estimate of drug-likeness (QED) is 0.109. The predicted molar refractivity (Wildman–Crippen MR) is 159 cm³/mol. The third-order valence-corrected chi connectivity index (χ3v) is 11.2. The lowest BCUT2D eigenvalue weighted by Gasteiger charge is -2.17. The monoisotopic (exact) mass is 613 g/mol. The number of hydrogen-bond donors (Lipinski definition) is 0. The van der Waals surface area contributed by atoms with Crippen molar-refractivity contribution in [3.05, 3.63) is 144 Å². The molecule has 0 spiro atoms. The topological polar surface area (TPSA) is 97.4 Å². The molecule has 4 rings (SSSR count). The van der Waals surface area contributed by atoms with Crippen LogP contribution in [0.1, 0.15) is 22.3 Å². The first-order chi connectivity index (χ1) is 19.9. The smallest absolute Gasteiger partial charge is 0.302 e. The van der Waals surface area contributed by atoms with Crippen LogP contribution in [0.25, 0.3) is 0 Å². The summed E-state index contributed by atoms with van der Waals surface area (Å²) in [6.45, 7) is 0.00172. The van der Waals surface area contributed by atoms with E-state index in [-0.39, 0.29) is 26.4 Å². The standard InChI is InChI=1S/C30H32O8P3/c31-39(26-41(33,37-23-29-17-9-3-10-18-29)38-24-30-19-11-4-12-20-30)34-25-40(32,35-21-27-13-5-1-6-14-27)36-22-28-15-7-2-8-16-28/h1-20H,21-26H2/q+1. The van der Waals surface area contributed by atoms with Crippen LogP contribution in [0.3, 0.4) is 0 Å². The van der Waals surface area contributed by atoms with E-state index in [0.717, 1.165) is 22.3 Å². The molecule has 0 radical (unpaired) electrons. The summed E-state index contributed by atoms with van der Waals surface area (Å²) in [5.41, 5.74) is 3.13. The van der Waals surface area contributed by atoms with Gasteiger partial charge in [0.25, 0.3) is 5.90 Å². The number of benzene rings is 4. The van der Waals surface area contributed by atoms with Crippen molar-refractivity contribution in [1.82, 2.24) is 0 Å². The maximum atomic E-state index is 13.7. The number of hydrogen-bond acceptors (Lipinski definition) is 8. The van der Waals surface area contributed by atoms with E-state index >= 15 is 0 Å². The highest BCUT2D eigenvalue weighted by atomic mass is 31.2. The minimum absolute atomic E-state index is 0.00501. The molecule has 0 heterocycles. The molecular weight excluding hydrogens is 581 g/mol. The summed E-state index contributed by atoms with van der Waals surface area (Å²) >= 11 is 0. The van der Waals surface area contributed by atoms with Crippen LogP contribution in [0.4, 0.5) is 0 Å². The van der Waals surface area contributed by atoms with E-state index < -0.39 is 35.5 Å². The summed E-state index contributed by atoms with van der Waals surface area (Å²) in [6.07, 6.45) is -0.598. The zero-order chi connectivity index (χ0) is 28.8. The van der Waals surface area contributed by atoms with Crippen molar-refractivity contribution in [1.29, 1.82) is 0 Å². The Bertz CT molecular complexity index is 1340. The van der Waals surface area contributed by atoms with Gasteiger partial charge < -0.3 is 18.1 Å². The lowest BCUT2D eigenvalue weighted by Crippen LogP contribution is -2.04. The average molecular weight is 614 g/mol. The molecule has 1 unspecified atom stereocenters. The van der Waals surface area contributed by atoms with Gasteiger partial charge in [0, 0.05) is 0 Å².